The Morgan fingerprint density at radius 1 is 1.10 bits per heavy atom. The fourth-order valence-corrected chi connectivity index (χ4v) is 3.90. The number of amides is 1. The van der Waals surface area contributed by atoms with E-state index in [2.05, 4.69) is 33.8 Å². The number of benzene rings is 2. The van der Waals surface area contributed by atoms with E-state index in [-0.39, 0.29) is 17.9 Å². The van der Waals surface area contributed by atoms with Gasteiger partial charge in [-0.2, -0.15) is 0 Å². The number of hydrogen-bond donors (Lipinski definition) is 3. The van der Waals surface area contributed by atoms with Crippen molar-refractivity contribution in [3.05, 3.63) is 59.8 Å². The molecule has 30 heavy (non-hydrogen) atoms. The number of hydrogen-bond acceptors (Lipinski definition) is 4. The van der Waals surface area contributed by atoms with Crippen LogP contribution >= 0.6 is 0 Å². The first-order chi connectivity index (χ1) is 14.6. The number of fused-ring (bicyclic) bond motifs is 1. The van der Waals surface area contributed by atoms with E-state index in [0.717, 1.165) is 34.9 Å². The highest BCUT2D eigenvalue weighted by Gasteiger charge is 2.27. The van der Waals surface area contributed by atoms with Crippen molar-refractivity contribution in [2.75, 3.05) is 20.8 Å². The van der Waals surface area contributed by atoms with Crippen molar-refractivity contribution in [3.63, 3.8) is 0 Å². The molecular formula is C24H29N3O3. The second-order valence-corrected chi connectivity index (χ2v) is 7.84. The first kappa shape index (κ1) is 20.3. The van der Waals surface area contributed by atoms with Gasteiger partial charge in [0.15, 0.2) is 11.5 Å². The van der Waals surface area contributed by atoms with E-state index in [0.29, 0.717) is 24.1 Å². The molecule has 6 nitrogen and oxygen atoms in total. The van der Waals surface area contributed by atoms with E-state index < -0.39 is 0 Å². The smallest absolute Gasteiger partial charge is 0.237 e. The number of aromatic nitrogens is 1. The van der Waals surface area contributed by atoms with Gasteiger partial charge in [0.2, 0.25) is 5.91 Å². The molecule has 2 atom stereocenters. The summed E-state index contributed by atoms with van der Waals surface area (Å²) in [6.45, 7) is 2.50. The highest BCUT2D eigenvalue weighted by molar-refractivity contribution is 5.84. The van der Waals surface area contributed by atoms with Gasteiger partial charge in [0, 0.05) is 41.2 Å². The minimum absolute atomic E-state index is 0.0256. The number of aromatic amines is 1. The van der Waals surface area contributed by atoms with Crippen molar-refractivity contribution in [3.8, 4) is 11.5 Å². The Hall–Kier alpha value is -2.99. The van der Waals surface area contributed by atoms with Crippen LogP contribution in [-0.2, 0) is 4.79 Å². The number of ether oxygens (including phenoxy) is 2. The predicted octanol–water partition coefficient (Wildman–Crippen LogP) is 3.57. The summed E-state index contributed by atoms with van der Waals surface area (Å²) in [5.74, 6) is 1.43. The molecule has 2 aromatic carbocycles. The molecule has 0 aliphatic heterocycles. The molecular weight excluding hydrogens is 378 g/mol. The van der Waals surface area contributed by atoms with Crippen LogP contribution in [0.15, 0.2) is 48.7 Å². The summed E-state index contributed by atoms with van der Waals surface area (Å²) in [4.78, 5) is 15.8. The topological polar surface area (TPSA) is 75.4 Å². The van der Waals surface area contributed by atoms with Crippen LogP contribution in [0.5, 0.6) is 11.5 Å². The molecule has 1 aliphatic rings. The van der Waals surface area contributed by atoms with Gasteiger partial charge < -0.3 is 25.1 Å². The second-order valence-electron chi connectivity index (χ2n) is 7.84. The molecule has 158 valence electrons. The summed E-state index contributed by atoms with van der Waals surface area (Å²) in [6.07, 6.45) is 4.21. The third-order valence-electron chi connectivity index (χ3n) is 5.75. The van der Waals surface area contributed by atoms with E-state index >= 15 is 0 Å². The lowest BCUT2D eigenvalue weighted by Crippen LogP contribution is -2.44. The van der Waals surface area contributed by atoms with Crippen LogP contribution in [0.2, 0.25) is 0 Å². The van der Waals surface area contributed by atoms with Crippen molar-refractivity contribution < 1.29 is 14.3 Å². The molecule has 0 unspecified atom stereocenters. The van der Waals surface area contributed by atoms with Crippen molar-refractivity contribution in [2.45, 2.75) is 37.8 Å². The molecule has 3 aromatic rings. The quantitative estimate of drug-likeness (QED) is 0.507. The highest BCUT2D eigenvalue weighted by Crippen LogP contribution is 2.40. The van der Waals surface area contributed by atoms with Gasteiger partial charge in [-0.3, -0.25) is 4.79 Å². The van der Waals surface area contributed by atoms with Gasteiger partial charge in [-0.25, -0.2) is 0 Å². The third kappa shape index (κ3) is 4.14. The van der Waals surface area contributed by atoms with Gasteiger partial charge in [0.05, 0.1) is 20.3 Å². The minimum atomic E-state index is -0.282. The first-order valence-electron chi connectivity index (χ1n) is 10.4. The van der Waals surface area contributed by atoms with Gasteiger partial charge in [0.25, 0.3) is 0 Å². The maximum Gasteiger partial charge on any atom is 0.237 e. The largest absolute Gasteiger partial charge is 0.493 e. The van der Waals surface area contributed by atoms with Gasteiger partial charge in [-0.1, -0.05) is 30.3 Å². The minimum Gasteiger partial charge on any atom is -0.493 e. The Morgan fingerprint density at radius 2 is 1.90 bits per heavy atom. The molecule has 0 spiro atoms. The zero-order valence-corrected chi connectivity index (χ0v) is 17.7. The molecule has 1 aromatic heterocycles. The van der Waals surface area contributed by atoms with Crippen LogP contribution in [0.1, 0.15) is 36.8 Å². The van der Waals surface area contributed by atoms with Crippen LogP contribution in [0.4, 0.5) is 0 Å². The van der Waals surface area contributed by atoms with E-state index in [1.807, 2.05) is 37.4 Å². The lowest BCUT2D eigenvalue weighted by atomic mass is 9.89. The standard InChI is InChI=1S/C24H29N3O3/c1-15(24(28)27-16-11-12-16)25-13-20(18-8-6-10-22(29-2)23(18)30-3)19-14-26-21-9-5-4-7-17(19)21/h4-10,14-16,20,25-26H,11-13H2,1-3H3,(H,27,28)/t15-,20-/m1/s1. The average Bonchev–Trinajstić information content (AvgIpc) is 3.49. The molecule has 4 rings (SSSR count). The number of methoxy groups -OCH3 is 2. The van der Waals surface area contributed by atoms with Crippen LogP contribution in [0.3, 0.4) is 0 Å². The molecule has 6 heteroatoms. The zero-order valence-electron chi connectivity index (χ0n) is 17.7. The SMILES string of the molecule is COc1cccc([C@@H](CN[C@H](C)C(=O)NC2CC2)c2c[nH]c3ccccc23)c1OC. The molecule has 1 amide bonds. The Bertz CT molecular complexity index is 1030. The Kier molecular flexibility index (Phi) is 5.95. The Balaban J connectivity index is 1.67. The lowest BCUT2D eigenvalue weighted by molar-refractivity contribution is -0.122. The maximum atomic E-state index is 12.4. The summed E-state index contributed by atoms with van der Waals surface area (Å²) >= 11 is 0. The average molecular weight is 408 g/mol. The molecule has 0 radical (unpaired) electrons. The number of carbonyl (C=O) groups excluding carboxylic acids is 1. The van der Waals surface area contributed by atoms with Gasteiger partial charge >= 0.3 is 0 Å². The molecule has 3 N–H and O–H groups in total. The van der Waals surface area contributed by atoms with Crippen molar-refractivity contribution in [2.24, 2.45) is 0 Å². The predicted molar refractivity (Wildman–Crippen MR) is 118 cm³/mol. The summed E-state index contributed by atoms with van der Waals surface area (Å²) in [5.41, 5.74) is 3.25. The van der Waals surface area contributed by atoms with E-state index in [1.165, 1.54) is 0 Å². The number of carbonyl (C=O) groups is 1. The summed E-state index contributed by atoms with van der Waals surface area (Å²) in [7, 11) is 3.30. The number of H-pyrrole nitrogens is 1. The third-order valence-corrected chi connectivity index (χ3v) is 5.75. The van der Waals surface area contributed by atoms with Crippen molar-refractivity contribution in [1.29, 1.82) is 0 Å². The molecule has 1 fully saturated rings. The number of para-hydroxylation sites is 2. The zero-order chi connectivity index (χ0) is 21.1. The van der Waals surface area contributed by atoms with E-state index in [4.69, 9.17) is 9.47 Å². The van der Waals surface area contributed by atoms with Crippen LogP contribution in [0.25, 0.3) is 10.9 Å². The van der Waals surface area contributed by atoms with Gasteiger partial charge in [-0.15, -0.1) is 0 Å². The second kappa shape index (κ2) is 8.79. The van der Waals surface area contributed by atoms with Crippen LogP contribution in [0, 0.1) is 0 Å². The van der Waals surface area contributed by atoms with Crippen LogP contribution in [-0.4, -0.2) is 43.7 Å². The monoisotopic (exact) mass is 407 g/mol. The van der Waals surface area contributed by atoms with Crippen LogP contribution < -0.4 is 20.1 Å². The van der Waals surface area contributed by atoms with Crippen molar-refractivity contribution >= 4 is 16.8 Å². The Morgan fingerprint density at radius 3 is 2.63 bits per heavy atom. The van der Waals surface area contributed by atoms with Gasteiger partial charge in [0.1, 0.15) is 0 Å². The van der Waals surface area contributed by atoms with Gasteiger partial charge in [-0.05, 0) is 37.5 Å². The fourth-order valence-electron chi connectivity index (χ4n) is 3.90. The fraction of sp³-hybridized carbons (Fsp3) is 0.375. The molecule has 1 saturated carbocycles. The lowest BCUT2D eigenvalue weighted by Gasteiger charge is -2.23. The Labute approximate surface area is 177 Å². The summed E-state index contributed by atoms with van der Waals surface area (Å²) in [6, 6.07) is 14.2. The first-order valence-corrected chi connectivity index (χ1v) is 10.4. The van der Waals surface area contributed by atoms with E-state index in [9.17, 15) is 4.79 Å². The summed E-state index contributed by atoms with van der Waals surface area (Å²) < 4.78 is 11.3. The number of rotatable bonds is 9. The molecule has 1 aliphatic carbocycles. The number of nitrogens with one attached hydrogen (secondary N) is 3. The molecule has 1 heterocycles. The molecule has 0 saturated heterocycles. The maximum absolute atomic E-state index is 12.4. The summed E-state index contributed by atoms with van der Waals surface area (Å²) in [5, 5.41) is 7.66. The van der Waals surface area contributed by atoms with Crippen molar-refractivity contribution in [1.82, 2.24) is 15.6 Å². The molecule has 0 bridgehead atoms. The highest BCUT2D eigenvalue weighted by atomic mass is 16.5. The normalized spacial score (nSPS) is 15.6. The van der Waals surface area contributed by atoms with E-state index in [1.54, 1.807) is 14.2 Å².